The van der Waals surface area contributed by atoms with Gasteiger partial charge in [0.25, 0.3) is 0 Å². The lowest BCUT2D eigenvalue weighted by Crippen LogP contribution is -2.50. The van der Waals surface area contributed by atoms with Crippen molar-refractivity contribution in [2.45, 2.75) is 77.4 Å². The van der Waals surface area contributed by atoms with Crippen LogP contribution in [0.25, 0.3) is 0 Å². The summed E-state index contributed by atoms with van der Waals surface area (Å²) in [6.07, 6.45) is 6.09. The number of aryl methyl sites for hydroxylation is 1. The molecule has 1 aliphatic rings. The van der Waals surface area contributed by atoms with Gasteiger partial charge in [-0.3, -0.25) is 9.59 Å². The molecule has 2 amide bonds. The Morgan fingerprint density at radius 1 is 1.09 bits per heavy atom. The molecule has 1 aliphatic carbocycles. The molecule has 0 radical (unpaired) electrons. The van der Waals surface area contributed by atoms with Gasteiger partial charge in [0.15, 0.2) is 0 Å². The number of hydrogen-bond acceptors (Lipinski definition) is 3. The third kappa shape index (κ3) is 7.58. The maximum absolute atomic E-state index is 14.3. The Kier molecular flexibility index (Phi) is 9.28. The summed E-state index contributed by atoms with van der Waals surface area (Å²) in [5.74, 6) is 0.0222. The number of amides is 2. The maximum Gasteiger partial charge on any atom is 0.242 e. The van der Waals surface area contributed by atoms with Crippen molar-refractivity contribution in [3.05, 3.63) is 65.5 Å². The summed E-state index contributed by atoms with van der Waals surface area (Å²) in [5.41, 5.74) is 1.56. The topological polar surface area (TPSA) is 58.6 Å². The second-order valence-electron chi connectivity index (χ2n) is 8.90. The Bertz CT molecular complexity index is 910. The van der Waals surface area contributed by atoms with Crippen molar-refractivity contribution < 1.29 is 18.7 Å². The fourth-order valence-electron chi connectivity index (χ4n) is 4.15. The molecule has 1 atom stereocenters. The number of nitrogens with zero attached hydrogens (tertiary/aromatic N) is 1. The van der Waals surface area contributed by atoms with Gasteiger partial charge in [-0.25, -0.2) is 4.39 Å². The maximum atomic E-state index is 14.3. The van der Waals surface area contributed by atoms with Gasteiger partial charge >= 0.3 is 0 Å². The van der Waals surface area contributed by atoms with Crippen molar-refractivity contribution in [2.75, 3.05) is 6.61 Å². The molecular weight excluding hydrogens is 419 g/mol. The van der Waals surface area contributed by atoms with Crippen LogP contribution in [-0.4, -0.2) is 35.4 Å². The fraction of sp³-hybridized carbons (Fsp3) is 0.481. The Morgan fingerprint density at radius 2 is 1.79 bits per heavy atom. The summed E-state index contributed by atoms with van der Waals surface area (Å²) in [5, 5.41) is 3.10. The van der Waals surface area contributed by atoms with Gasteiger partial charge < -0.3 is 15.0 Å². The van der Waals surface area contributed by atoms with Gasteiger partial charge in [0.05, 0.1) is 6.61 Å². The molecule has 2 aromatic rings. The molecule has 1 saturated carbocycles. The van der Waals surface area contributed by atoms with Gasteiger partial charge in [0.2, 0.25) is 11.8 Å². The predicted molar refractivity (Wildman–Crippen MR) is 127 cm³/mol. The van der Waals surface area contributed by atoms with Crippen LogP contribution in [0.15, 0.2) is 48.5 Å². The summed E-state index contributed by atoms with van der Waals surface area (Å²) < 4.78 is 20.0. The molecule has 0 bridgehead atoms. The second-order valence-corrected chi connectivity index (χ2v) is 8.90. The van der Waals surface area contributed by atoms with E-state index in [9.17, 15) is 14.0 Å². The number of carbonyl (C=O) groups excluding carboxylic acids is 2. The Labute approximate surface area is 196 Å². The molecule has 6 heteroatoms. The third-order valence-electron chi connectivity index (χ3n) is 6.24. The van der Waals surface area contributed by atoms with Gasteiger partial charge in [-0.15, -0.1) is 0 Å². The summed E-state index contributed by atoms with van der Waals surface area (Å²) >= 11 is 0. The summed E-state index contributed by atoms with van der Waals surface area (Å²) in [7, 11) is 0. The third-order valence-corrected chi connectivity index (χ3v) is 6.24. The van der Waals surface area contributed by atoms with E-state index in [1.54, 1.807) is 25.1 Å². The van der Waals surface area contributed by atoms with E-state index in [-0.39, 0.29) is 36.6 Å². The molecule has 0 saturated heterocycles. The molecule has 5 nitrogen and oxygen atoms in total. The van der Waals surface area contributed by atoms with Crippen LogP contribution in [-0.2, 0) is 16.1 Å². The largest absolute Gasteiger partial charge is 0.494 e. The number of halogens is 1. The molecule has 33 heavy (non-hydrogen) atoms. The normalized spacial score (nSPS) is 15.0. The van der Waals surface area contributed by atoms with E-state index in [4.69, 9.17) is 4.74 Å². The zero-order chi connectivity index (χ0) is 23.6. The molecule has 0 heterocycles. The van der Waals surface area contributed by atoms with E-state index in [2.05, 4.69) is 5.32 Å². The van der Waals surface area contributed by atoms with E-state index in [1.165, 1.54) is 17.4 Å². The van der Waals surface area contributed by atoms with Gasteiger partial charge in [-0.1, -0.05) is 55.2 Å². The van der Waals surface area contributed by atoms with Crippen LogP contribution >= 0.6 is 0 Å². The summed E-state index contributed by atoms with van der Waals surface area (Å²) in [6, 6.07) is 13.6. The number of hydrogen-bond donors (Lipinski definition) is 1. The number of ether oxygens (including phenoxy) is 1. The van der Waals surface area contributed by atoms with Gasteiger partial charge in [0, 0.05) is 24.6 Å². The van der Waals surface area contributed by atoms with E-state index < -0.39 is 6.04 Å². The minimum atomic E-state index is -0.683. The van der Waals surface area contributed by atoms with E-state index in [0.717, 1.165) is 37.0 Å². The Morgan fingerprint density at radius 3 is 2.48 bits per heavy atom. The van der Waals surface area contributed by atoms with Crippen LogP contribution < -0.4 is 10.1 Å². The van der Waals surface area contributed by atoms with E-state index in [1.807, 2.05) is 31.2 Å². The first-order valence-electron chi connectivity index (χ1n) is 12.0. The number of carbonyl (C=O) groups is 2. The van der Waals surface area contributed by atoms with Gasteiger partial charge in [-0.05, 0) is 51.3 Å². The molecule has 0 spiro atoms. The van der Waals surface area contributed by atoms with E-state index in [0.29, 0.717) is 18.6 Å². The first kappa shape index (κ1) is 24.7. The molecule has 1 N–H and O–H groups in total. The quantitative estimate of drug-likeness (QED) is 0.505. The van der Waals surface area contributed by atoms with E-state index >= 15 is 0 Å². The average molecular weight is 455 g/mol. The average Bonchev–Trinajstić information content (AvgIpc) is 2.82. The first-order chi connectivity index (χ1) is 15.9. The van der Waals surface area contributed by atoms with Crippen molar-refractivity contribution in [1.29, 1.82) is 0 Å². The Balaban J connectivity index is 1.60. The highest BCUT2D eigenvalue weighted by atomic mass is 19.1. The zero-order valence-electron chi connectivity index (χ0n) is 19.7. The van der Waals surface area contributed by atoms with Gasteiger partial charge in [0.1, 0.15) is 17.6 Å². The molecule has 1 unspecified atom stereocenters. The number of nitrogens with one attached hydrogen (secondary N) is 1. The first-order valence-corrected chi connectivity index (χ1v) is 12.0. The predicted octanol–water partition coefficient (Wildman–Crippen LogP) is 5.16. The number of benzene rings is 2. The van der Waals surface area contributed by atoms with Crippen LogP contribution in [0.2, 0.25) is 0 Å². The minimum absolute atomic E-state index is 0.0591. The molecule has 178 valence electrons. The molecule has 3 rings (SSSR count). The van der Waals surface area contributed by atoms with Crippen LogP contribution in [0.4, 0.5) is 4.39 Å². The van der Waals surface area contributed by atoms with Crippen LogP contribution in [0.5, 0.6) is 5.75 Å². The molecular formula is C27H35FN2O3. The van der Waals surface area contributed by atoms with Crippen LogP contribution in [0.1, 0.15) is 63.0 Å². The SMILES string of the molecule is Cc1ccc(OCCCC(=O)N(Cc2ccccc2F)C(C)C(=O)NC2CCCCC2)cc1. The molecule has 0 aliphatic heterocycles. The molecule has 2 aromatic carbocycles. The highest BCUT2D eigenvalue weighted by Gasteiger charge is 2.28. The standard InChI is InChI=1S/C27H35FN2O3/c1-20-14-16-24(17-15-20)33-18-8-13-26(31)30(19-22-9-6-7-12-25(22)28)21(2)27(32)29-23-10-4-3-5-11-23/h6-7,9,12,14-17,21,23H,3-5,8,10-11,13,18-19H2,1-2H3,(H,29,32). The fourth-order valence-corrected chi connectivity index (χ4v) is 4.15. The number of rotatable bonds is 10. The van der Waals surface area contributed by atoms with Crippen molar-refractivity contribution >= 4 is 11.8 Å². The highest BCUT2D eigenvalue weighted by Crippen LogP contribution is 2.19. The summed E-state index contributed by atoms with van der Waals surface area (Å²) in [6.45, 7) is 4.19. The second kappa shape index (κ2) is 12.4. The summed E-state index contributed by atoms with van der Waals surface area (Å²) in [4.78, 5) is 27.6. The van der Waals surface area contributed by atoms with Crippen molar-refractivity contribution in [3.63, 3.8) is 0 Å². The van der Waals surface area contributed by atoms with Crippen LogP contribution in [0, 0.1) is 12.7 Å². The van der Waals surface area contributed by atoms with Crippen molar-refractivity contribution in [3.8, 4) is 5.75 Å². The molecule has 1 fully saturated rings. The van der Waals surface area contributed by atoms with Crippen molar-refractivity contribution in [1.82, 2.24) is 10.2 Å². The zero-order valence-corrected chi connectivity index (χ0v) is 19.7. The molecule has 0 aromatic heterocycles. The van der Waals surface area contributed by atoms with Crippen LogP contribution in [0.3, 0.4) is 0 Å². The lowest BCUT2D eigenvalue weighted by atomic mass is 9.95. The lowest BCUT2D eigenvalue weighted by molar-refractivity contribution is -0.141. The lowest BCUT2D eigenvalue weighted by Gasteiger charge is -2.31. The monoisotopic (exact) mass is 454 g/mol. The van der Waals surface area contributed by atoms with Crippen molar-refractivity contribution in [2.24, 2.45) is 0 Å². The van der Waals surface area contributed by atoms with Gasteiger partial charge in [-0.2, -0.15) is 0 Å². The Hall–Kier alpha value is -2.89. The highest BCUT2D eigenvalue weighted by molar-refractivity contribution is 5.87. The minimum Gasteiger partial charge on any atom is -0.494 e. The smallest absolute Gasteiger partial charge is 0.242 e.